The summed E-state index contributed by atoms with van der Waals surface area (Å²) in [7, 11) is 1.63. The predicted molar refractivity (Wildman–Crippen MR) is 54.0 cm³/mol. The van der Waals surface area contributed by atoms with E-state index in [1.807, 2.05) is 0 Å². The van der Waals surface area contributed by atoms with Gasteiger partial charge in [-0.15, -0.1) is 0 Å². The van der Waals surface area contributed by atoms with Crippen molar-refractivity contribution in [1.82, 2.24) is 0 Å². The molecule has 6 heteroatoms. The second-order valence-electron chi connectivity index (χ2n) is 2.49. The molecule has 1 rings (SSSR count). The molecule has 84 valence electrons. The molecule has 0 aromatic heterocycles. The van der Waals surface area contributed by atoms with Crippen molar-refractivity contribution in [2.75, 3.05) is 20.3 Å². The number of halogens is 1. The molecular formula is C9H13FN2O3. The zero-order chi connectivity index (χ0) is 11.7. The Labute approximate surface area is 86.8 Å². The molecule has 0 fully saturated rings. The average molecular weight is 216 g/mol. The third-order valence-electron chi connectivity index (χ3n) is 1.37. The quantitative estimate of drug-likeness (QED) is 0.610. The van der Waals surface area contributed by atoms with Crippen LogP contribution < -0.4 is 5.73 Å². The number of rotatable bonds is 3. The molecule has 0 atom stereocenters. The molecule has 0 radical (unpaired) electrons. The van der Waals surface area contributed by atoms with Crippen molar-refractivity contribution < 1.29 is 14.1 Å². The SMILES string of the molecule is COCCN.O=[N+]([O-])c1ccccc1F. The highest BCUT2D eigenvalue weighted by Crippen LogP contribution is 2.14. The van der Waals surface area contributed by atoms with Gasteiger partial charge in [-0.3, -0.25) is 10.1 Å². The van der Waals surface area contributed by atoms with Crippen LogP contribution in [0.15, 0.2) is 24.3 Å². The van der Waals surface area contributed by atoms with Gasteiger partial charge in [0.2, 0.25) is 5.82 Å². The average Bonchev–Trinajstić information content (AvgIpc) is 2.20. The van der Waals surface area contributed by atoms with E-state index in [4.69, 9.17) is 5.73 Å². The first kappa shape index (κ1) is 13.5. The van der Waals surface area contributed by atoms with Gasteiger partial charge in [-0.1, -0.05) is 12.1 Å². The molecular weight excluding hydrogens is 203 g/mol. The lowest BCUT2D eigenvalue weighted by molar-refractivity contribution is -0.387. The number of hydrogen-bond donors (Lipinski definition) is 1. The van der Waals surface area contributed by atoms with E-state index < -0.39 is 16.4 Å². The second-order valence-corrected chi connectivity index (χ2v) is 2.49. The minimum atomic E-state index is -0.799. The largest absolute Gasteiger partial charge is 0.383 e. The Kier molecular flexibility index (Phi) is 7.04. The lowest BCUT2D eigenvalue weighted by atomic mass is 10.3. The first-order chi connectivity index (χ1) is 7.13. The number of nitro groups is 1. The van der Waals surface area contributed by atoms with Crippen LogP contribution in [0.1, 0.15) is 0 Å². The molecule has 0 heterocycles. The van der Waals surface area contributed by atoms with Gasteiger partial charge < -0.3 is 10.5 Å². The molecule has 0 saturated carbocycles. The fourth-order valence-electron chi connectivity index (χ4n) is 0.718. The summed E-state index contributed by atoms with van der Waals surface area (Å²) in [5.41, 5.74) is 4.53. The number of ether oxygens (including phenoxy) is 1. The van der Waals surface area contributed by atoms with E-state index in [2.05, 4.69) is 4.74 Å². The monoisotopic (exact) mass is 216 g/mol. The molecule has 0 spiro atoms. The maximum atomic E-state index is 12.4. The van der Waals surface area contributed by atoms with Gasteiger partial charge in [0.1, 0.15) is 0 Å². The maximum absolute atomic E-state index is 12.4. The summed E-state index contributed by atoms with van der Waals surface area (Å²) in [6.07, 6.45) is 0. The number of nitrogens with zero attached hydrogens (tertiary/aromatic N) is 1. The Balaban J connectivity index is 0.000000336. The second kappa shape index (κ2) is 7.84. The Bertz CT molecular complexity index is 305. The molecule has 1 aromatic carbocycles. The van der Waals surface area contributed by atoms with Crippen molar-refractivity contribution in [2.45, 2.75) is 0 Å². The van der Waals surface area contributed by atoms with Gasteiger partial charge in [-0.2, -0.15) is 4.39 Å². The third kappa shape index (κ3) is 5.71. The molecule has 5 nitrogen and oxygen atoms in total. The zero-order valence-electron chi connectivity index (χ0n) is 8.35. The Morgan fingerprint density at radius 1 is 1.53 bits per heavy atom. The number of para-hydroxylation sites is 1. The van der Waals surface area contributed by atoms with E-state index in [0.29, 0.717) is 13.2 Å². The minimum absolute atomic E-state index is 0.484. The Hall–Kier alpha value is -1.53. The summed E-state index contributed by atoms with van der Waals surface area (Å²) >= 11 is 0. The zero-order valence-corrected chi connectivity index (χ0v) is 8.35. The predicted octanol–water partition coefficient (Wildman–Crippen LogP) is 1.33. The molecule has 0 aliphatic heterocycles. The van der Waals surface area contributed by atoms with Crippen molar-refractivity contribution in [3.05, 3.63) is 40.2 Å². The van der Waals surface area contributed by atoms with Crippen LogP contribution in [-0.4, -0.2) is 25.2 Å². The lowest BCUT2D eigenvalue weighted by Crippen LogP contribution is -2.05. The fourth-order valence-corrected chi connectivity index (χ4v) is 0.718. The van der Waals surface area contributed by atoms with Crippen LogP contribution in [-0.2, 0) is 4.74 Å². The molecule has 0 saturated heterocycles. The van der Waals surface area contributed by atoms with Gasteiger partial charge in [0.05, 0.1) is 11.5 Å². The summed E-state index contributed by atoms with van der Waals surface area (Å²) in [5.74, 6) is -0.799. The molecule has 0 amide bonds. The number of nitro benzene ring substituents is 1. The van der Waals surface area contributed by atoms with Gasteiger partial charge >= 0.3 is 5.69 Å². The first-order valence-electron chi connectivity index (χ1n) is 4.21. The van der Waals surface area contributed by atoms with E-state index in [-0.39, 0.29) is 0 Å². The summed E-state index contributed by atoms with van der Waals surface area (Å²) in [6, 6.07) is 5.00. The molecule has 0 aliphatic carbocycles. The highest BCUT2D eigenvalue weighted by atomic mass is 19.1. The van der Waals surface area contributed by atoms with E-state index in [1.54, 1.807) is 7.11 Å². The van der Waals surface area contributed by atoms with Crippen molar-refractivity contribution in [3.8, 4) is 0 Å². The van der Waals surface area contributed by atoms with E-state index in [1.165, 1.54) is 12.1 Å². The van der Waals surface area contributed by atoms with Gasteiger partial charge in [0, 0.05) is 19.7 Å². The highest BCUT2D eigenvalue weighted by Gasteiger charge is 2.10. The molecule has 1 aromatic rings. The Morgan fingerprint density at radius 3 is 2.40 bits per heavy atom. The van der Waals surface area contributed by atoms with Gasteiger partial charge in [-0.05, 0) is 6.07 Å². The van der Waals surface area contributed by atoms with Crippen molar-refractivity contribution in [1.29, 1.82) is 0 Å². The topological polar surface area (TPSA) is 78.4 Å². The van der Waals surface area contributed by atoms with Crippen LogP contribution in [0.4, 0.5) is 10.1 Å². The number of methoxy groups -OCH3 is 1. The number of nitrogens with two attached hydrogens (primary N) is 1. The van der Waals surface area contributed by atoms with Gasteiger partial charge in [-0.25, -0.2) is 0 Å². The van der Waals surface area contributed by atoms with Crippen LogP contribution in [0.25, 0.3) is 0 Å². The van der Waals surface area contributed by atoms with Crippen LogP contribution in [0.2, 0.25) is 0 Å². The van der Waals surface area contributed by atoms with E-state index in [0.717, 1.165) is 12.1 Å². The Morgan fingerprint density at radius 2 is 2.13 bits per heavy atom. The van der Waals surface area contributed by atoms with Crippen molar-refractivity contribution >= 4 is 5.69 Å². The normalized spacial score (nSPS) is 9.00. The summed E-state index contributed by atoms with van der Waals surface area (Å²) < 4.78 is 17.0. The fraction of sp³-hybridized carbons (Fsp3) is 0.333. The molecule has 2 N–H and O–H groups in total. The summed E-state index contributed by atoms with van der Waals surface area (Å²) in [6.45, 7) is 1.29. The number of hydrogen-bond acceptors (Lipinski definition) is 4. The third-order valence-corrected chi connectivity index (χ3v) is 1.37. The molecule has 0 unspecified atom stereocenters. The van der Waals surface area contributed by atoms with E-state index >= 15 is 0 Å². The first-order valence-corrected chi connectivity index (χ1v) is 4.21. The lowest BCUT2D eigenvalue weighted by Gasteiger charge is -1.89. The van der Waals surface area contributed by atoms with Crippen LogP contribution >= 0.6 is 0 Å². The highest BCUT2D eigenvalue weighted by molar-refractivity contribution is 5.30. The molecule has 0 aliphatic rings. The van der Waals surface area contributed by atoms with Crippen LogP contribution in [0.5, 0.6) is 0 Å². The maximum Gasteiger partial charge on any atom is 0.304 e. The smallest absolute Gasteiger partial charge is 0.304 e. The minimum Gasteiger partial charge on any atom is -0.383 e. The summed E-state index contributed by atoms with van der Waals surface area (Å²) in [4.78, 5) is 9.23. The van der Waals surface area contributed by atoms with Crippen LogP contribution in [0.3, 0.4) is 0 Å². The standard InChI is InChI=1S/C6H4FNO2.C3H9NO/c7-5-3-1-2-4-6(5)8(9)10;1-5-3-2-4/h1-4H;2-4H2,1H3. The molecule has 15 heavy (non-hydrogen) atoms. The van der Waals surface area contributed by atoms with Crippen molar-refractivity contribution in [2.24, 2.45) is 5.73 Å². The van der Waals surface area contributed by atoms with E-state index in [9.17, 15) is 14.5 Å². The number of benzene rings is 1. The summed E-state index contributed by atoms with van der Waals surface area (Å²) in [5, 5.41) is 9.99. The van der Waals surface area contributed by atoms with Crippen molar-refractivity contribution in [3.63, 3.8) is 0 Å². The van der Waals surface area contributed by atoms with Crippen LogP contribution in [0, 0.1) is 15.9 Å². The van der Waals surface area contributed by atoms with Gasteiger partial charge in [0.25, 0.3) is 0 Å². The molecule has 0 bridgehead atoms. The van der Waals surface area contributed by atoms with Gasteiger partial charge in [0.15, 0.2) is 0 Å².